The van der Waals surface area contributed by atoms with Crippen LogP contribution in [0.5, 0.6) is 0 Å². The Hall–Kier alpha value is -1.60. The van der Waals surface area contributed by atoms with E-state index in [2.05, 4.69) is 4.90 Å². The van der Waals surface area contributed by atoms with Crippen molar-refractivity contribution >= 4 is 5.97 Å². The van der Waals surface area contributed by atoms with Crippen molar-refractivity contribution in [3.8, 4) is 0 Å². The molecule has 0 amide bonds. The summed E-state index contributed by atoms with van der Waals surface area (Å²) in [7, 11) is 0. The normalized spacial score (nSPS) is 19.0. The van der Waals surface area contributed by atoms with E-state index in [0.29, 0.717) is 26.1 Å². The van der Waals surface area contributed by atoms with Crippen molar-refractivity contribution in [2.45, 2.75) is 38.5 Å². The molecule has 0 spiro atoms. The number of rotatable bonds is 5. The molecule has 0 bridgehead atoms. The van der Waals surface area contributed by atoms with E-state index in [-0.39, 0.29) is 0 Å². The Morgan fingerprint density at radius 2 is 1.83 bits per heavy atom. The molecule has 0 radical (unpaired) electrons. The van der Waals surface area contributed by atoms with Crippen LogP contribution >= 0.6 is 0 Å². The summed E-state index contributed by atoms with van der Waals surface area (Å²) in [4.78, 5) is 15.4. The van der Waals surface area contributed by atoms with Gasteiger partial charge in [0.1, 0.15) is 6.04 Å². The van der Waals surface area contributed by atoms with E-state index in [1.807, 2.05) is 11.8 Å². The summed E-state index contributed by atoms with van der Waals surface area (Å²) in [6.07, 6.45) is -2.90. The summed E-state index contributed by atoms with van der Waals surface area (Å²) in [6.45, 7) is 5.36. The Balaban J connectivity index is 1.93. The first kappa shape index (κ1) is 18.7. The lowest BCUT2D eigenvalue weighted by atomic mass is 10.1. The summed E-state index contributed by atoms with van der Waals surface area (Å²) in [5.74, 6) is -0.798. The first-order valence-corrected chi connectivity index (χ1v) is 8.16. The molecule has 1 N–H and O–H groups in total. The minimum Gasteiger partial charge on any atom is -0.480 e. The number of carboxylic acids is 1. The van der Waals surface area contributed by atoms with E-state index in [0.717, 1.165) is 37.2 Å². The highest BCUT2D eigenvalue weighted by atomic mass is 19.4. The average Bonchev–Trinajstić information content (AvgIpc) is 2.73. The van der Waals surface area contributed by atoms with Crippen molar-refractivity contribution in [2.75, 3.05) is 26.2 Å². The van der Waals surface area contributed by atoms with E-state index in [4.69, 9.17) is 0 Å². The van der Waals surface area contributed by atoms with Crippen LogP contribution in [0.2, 0.25) is 0 Å². The van der Waals surface area contributed by atoms with Gasteiger partial charge in [-0.15, -0.1) is 0 Å². The van der Waals surface area contributed by atoms with E-state index < -0.39 is 23.8 Å². The fourth-order valence-corrected chi connectivity index (χ4v) is 3.11. The number of carbonyl (C=O) groups is 1. The summed E-state index contributed by atoms with van der Waals surface area (Å²) in [5.41, 5.74) is 0.197. The van der Waals surface area contributed by atoms with E-state index in [1.165, 1.54) is 12.1 Å². The van der Waals surface area contributed by atoms with Crippen molar-refractivity contribution in [2.24, 2.45) is 0 Å². The molecule has 1 aliphatic heterocycles. The van der Waals surface area contributed by atoms with E-state index in [1.54, 1.807) is 0 Å². The standard InChI is InChI=1S/C17H23F3N2O2/c1-2-15(16(23)24)22-9-3-8-21(10-11-22)12-13-4-6-14(7-5-13)17(18,19)20/h4-7,15H,2-3,8-12H2,1H3,(H,23,24). The molecule has 0 aromatic heterocycles. The maximum absolute atomic E-state index is 12.6. The number of hydrogen-bond acceptors (Lipinski definition) is 3. The fraction of sp³-hybridized carbons (Fsp3) is 0.588. The predicted molar refractivity (Wildman–Crippen MR) is 84.6 cm³/mol. The van der Waals surface area contributed by atoms with Gasteiger partial charge in [0, 0.05) is 26.2 Å². The summed E-state index contributed by atoms with van der Waals surface area (Å²) >= 11 is 0. The molecule has 4 nitrogen and oxygen atoms in total. The van der Waals surface area contributed by atoms with Crippen molar-refractivity contribution < 1.29 is 23.1 Å². The lowest BCUT2D eigenvalue weighted by Gasteiger charge is -2.26. The molecular weight excluding hydrogens is 321 g/mol. The topological polar surface area (TPSA) is 43.8 Å². The van der Waals surface area contributed by atoms with Gasteiger partial charge in [-0.2, -0.15) is 13.2 Å². The van der Waals surface area contributed by atoms with Gasteiger partial charge in [-0.25, -0.2) is 0 Å². The number of benzene rings is 1. The van der Waals surface area contributed by atoms with Crippen LogP contribution < -0.4 is 0 Å². The van der Waals surface area contributed by atoms with Crippen molar-refractivity contribution in [1.82, 2.24) is 9.80 Å². The molecule has 24 heavy (non-hydrogen) atoms. The maximum atomic E-state index is 12.6. The van der Waals surface area contributed by atoms with E-state index >= 15 is 0 Å². The van der Waals surface area contributed by atoms with Crippen molar-refractivity contribution in [1.29, 1.82) is 0 Å². The van der Waals surface area contributed by atoms with Gasteiger partial charge in [-0.05, 0) is 37.1 Å². The van der Waals surface area contributed by atoms with Crippen LogP contribution in [0.4, 0.5) is 13.2 Å². The highest BCUT2D eigenvalue weighted by Gasteiger charge is 2.30. The molecule has 1 saturated heterocycles. The van der Waals surface area contributed by atoms with Gasteiger partial charge in [0.05, 0.1) is 5.56 Å². The third kappa shape index (κ3) is 4.95. The van der Waals surface area contributed by atoms with Crippen LogP contribution in [0.1, 0.15) is 30.9 Å². The van der Waals surface area contributed by atoms with Gasteiger partial charge in [0.25, 0.3) is 0 Å². The SMILES string of the molecule is CCC(C(=O)O)N1CCCN(Cc2ccc(C(F)(F)F)cc2)CC1. The smallest absolute Gasteiger partial charge is 0.416 e. The third-order valence-electron chi connectivity index (χ3n) is 4.42. The fourth-order valence-electron chi connectivity index (χ4n) is 3.11. The quantitative estimate of drug-likeness (QED) is 0.892. The number of halogens is 3. The van der Waals surface area contributed by atoms with Gasteiger partial charge < -0.3 is 5.11 Å². The number of alkyl halides is 3. The highest BCUT2D eigenvalue weighted by molar-refractivity contribution is 5.73. The maximum Gasteiger partial charge on any atom is 0.416 e. The Morgan fingerprint density at radius 3 is 2.38 bits per heavy atom. The van der Waals surface area contributed by atoms with Crippen molar-refractivity contribution in [3.63, 3.8) is 0 Å². The summed E-state index contributed by atoms with van der Waals surface area (Å²) < 4.78 is 37.8. The molecule has 1 heterocycles. The molecule has 1 unspecified atom stereocenters. The Labute approximate surface area is 139 Å². The molecule has 1 aromatic carbocycles. The first-order valence-electron chi connectivity index (χ1n) is 8.16. The van der Waals surface area contributed by atoms with Gasteiger partial charge in [-0.1, -0.05) is 19.1 Å². The molecule has 2 rings (SSSR count). The van der Waals surface area contributed by atoms with Crippen molar-refractivity contribution in [3.05, 3.63) is 35.4 Å². The molecule has 7 heteroatoms. The number of nitrogens with zero attached hydrogens (tertiary/aromatic N) is 2. The van der Waals surface area contributed by atoms with Crippen LogP contribution in [0, 0.1) is 0 Å². The molecule has 1 fully saturated rings. The Bertz CT molecular complexity index is 546. The predicted octanol–water partition coefficient (Wildman–Crippen LogP) is 3.08. The summed E-state index contributed by atoms with van der Waals surface area (Å²) in [6, 6.07) is 4.78. The molecule has 1 aliphatic rings. The third-order valence-corrected chi connectivity index (χ3v) is 4.42. The Kier molecular flexibility index (Phi) is 6.23. The number of aliphatic carboxylic acids is 1. The van der Waals surface area contributed by atoms with Crippen LogP contribution in [-0.2, 0) is 17.5 Å². The van der Waals surface area contributed by atoms with Gasteiger partial charge in [0.15, 0.2) is 0 Å². The Morgan fingerprint density at radius 1 is 1.17 bits per heavy atom. The van der Waals surface area contributed by atoms with Gasteiger partial charge >= 0.3 is 12.1 Å². The van der Waals surface area contributed by atoms with Gasteiger partial charge in [0.2, 0.25) is 0 Å². The monoisotopic (exact) mass is 344 g/mol. The zero-order valence-electron chi connectivity index (χ0n) is 13.7. The largest absolute Gasteiger partial charge is 0.480 e. The molecule has 1 atom stereocenters. The average molecular weight is 344 g/mol. The molecule has 0 aliphatic carbocycles. The van der Waals surface area contributed by atoms with Crippen LogP contribution in [0.3, 0.4) is 0 Å². The zero-order chi connectivity index (χ0) is 17.7. The van der Waals surface area contributed by atoms with Crippen LogP contribution in [-0.4, -0.2) is 53.1 Å². The van der Waals surface area contributed by atoms with Crippen LogP contribution in [0.15, 0.2) is 24.3 Å². The number of carboxylic acid groups (broad SMARTS) is 1. The first-order chi connectivity index (χ1) is 11.3. The summed E-state index contributed by atoms with van der Waals surface area (Å²) in [5, 5.41) is 9.26. The second kappa shape index (κ2) is 7.98. The highest BCUT2D eigenvalue weighted by Crippen LogP contribution is 2.29. The molecule has 0 saturated carbocycles. The lowest BCUT2D eigenvalue weighted by Crippen LogP contribution is -2.42. The van der Waals surface area contributed by atoms with Gasteiger partial charge in [-0.3, -0.25) is 14.6 Å². The second-order valence-corrected chi connectivity index (χ2v) is 6.12. The molecule has 134 valence electrons. The molecular formula is C17H23F3N2O2. The van der Waals surface area contributed by atoms with E-state index in [9.17, 15) is 23.1 Å². The zero-order valence-corrected chi connectivity index (χ0v) is 13.7. The number of hydrogen-bond donors (Lipinski definition) is 1. The second-order valence-electron chi connectivity index (χ2n) is 6.12. The minimum absolute atomic E-state index is 0.462. The lowest BCUT2D eigenvalue weighted by molar-refractivity contribution is -0.143. The molecule has 1 aromatic rings. The van der Waals surface area contributed by atoms with Crippen LogP contribution in [0.25, 0.3) is 0 Å². The minimum atomic E-state index is -4.31.